The first kappa shape index (κ1) is 16.6. The minimum absolute atomic E-state index is 0.0821. The van der Waals surface area contributed by atoms with Crippen molar-refractivity contribution in [1.82, 2.24) is 0 Å². The summed E-state index contributed by atoms with van der Waals surface area (Å²) in [5.41, 5.74) is 1.07. The van der Waals surface area contributed by atoms with Crippen molar-refractivity contribution in [2.45, 2.75) is 51.0 Å². The van der Waals surface area contributed by atoms with E-state index in [1.165, 1.54) is 11.3 Å². The quantitative estimate of drug-likeness (QED) is 0.576. The lowest BCUT2D eigenvalue weighted by Gasteiger charge is -2.38. The van der Waals surface area contributed by atoms with Gasteiger partial charge in [0.05, 0.1) is 6.10 Å². The van der Waals surface area contributed by atoms with Gasteiger partial charge in [-0.3, -0.25) is 4.79 Å². The van der Waals surface area contributed by atoms with Crippen molar-refractivity contribution in [2.24, 2.45) is 11.3 Å². The molecule has 1 fully saturated rings. The van der Waals surface area contributed by atoms with Crippen LogP contribution in [0.15, 0.2) is 29.2 Å². The van der Waals surface area contributed by atoms with E-state index in [1.807, 2.05) is 30.5 Å². The van der Waals surface area contributed by atoms with Crippen LogP contribution in [0.5, 0.6) is 0 Å². The molecule has 21 heavy (non-hydrogen) atoms. The highest BCUT2D eigenvalue weighted by Crippen LogP contribution is 2.39. The van der Waals surface area contributed by atoms with E-state index < -0.39 is 0 Å². The molecule has 3 heteroatoms. The largest absolute Gasteiger partial charge is 0.370 e. The highest BCUT2D eigenvalue weighted by atomic mass is 32.2. The number of benzene rings is 1. The number of ketones is 1. The fourth-order valence-electron chi connectivity index (χ4n) is 3.44. The second-order valence-electron chi connectivity index (χ2n) is 7.00. The molecule has 0 aromatic heterocycles. The Morgan fingerprint density at radius 1 is 1.29 bits per heavy atom. The van der Waals surface area contributed by atoms with Gasteiger partial charge in [-0.25, -0.2) is 0 Å². The summed E-state index contributed by atoms with van der Waals surface area (Å²) in [6.07, 6.45) is 5.62. The van der Waals surface area contributed by atoms with Gasteiger partial charge in [0.25, 0.3) is 0 Å². The molecule has 2 unspecified atom stereocenters. The Hall–Kier alpha value is -0.800. The van der Waals surface area contributed by atoms with Crippen LogP contribution in [0.4, 0.5) is 0 Å². The molecule has 0 amide bonds. The van der Waals surface area contributed by atoms with Gasteiger partial charge >= 0.3 is 0 Å². The molecule has 0 bridgehead atoms. The van der Waals surface area contributed by atoms with Crippen LogP contribution in [0.25, 0.3) is 0 Å². The number of carbonyl (C=O) groups excluding carboxylic acids is 1. The molecule has 0 aliphatic heterocycles. The average molecular weight is 306 g/mol. The van der Waals surface area contributed by atoms with E-state index in [0.29, 0.717) is 11.3 Å². The predicted molar refractivity (Wildman–Crippen MR) is 89.1 cm³/mol. The first-order valence-electron chi connectivity index (χ1n) is 7.68. The van der Waals surface area contributed by atoms with Crippen LogP contribution in [-0.4, -0.2) is 24.7 Å². The summed E-state index contributed by atoms with van der Waals surface area (Å²) in [5, 5.41) is 0. The average Bonchev–Trinajstić information content (AvgIpc) is 2.43. The molecule has 1 aliphatic carbocycles. The third kappa shape index (κ3) is 4.86. The molecule has 116 valence electrons. The molecule has 1 aromatic rings. The smallest absolute Gasteiger partial charge is 0.188 e. The molecule has 0 heterocycles. The number of hydrogen-bond acceptors (Lipinski definition) is 3. The van der Waals surface area contributed by atoms with Crippen molar-refractivity contribution in [3.05, 3.63) is 29.8 Å². The van der Waals surface area contributed by atoms with Crippen LogP contribution in [0.2, 0.25) is 0 Å². The lowest BCUT2D eigenvalue weighted by molar-refractivity contribution is -0.0167. The summed E-state index contributed by atoms with van der Waals surface area (Å²) in [6, 6.07) is 7.77. The molecule has 1 aromatic carbocycles. The van der Waals surface area contributed by atoms with Gasteiger partial charge in [-0.15, -0.1) is 11.8 Å². The normalized spacial score (nSPS) is 24.8. The fourth-order valence-corrected chi connectivity index (χ4v) is 3.85. The zero-order chi connectivity index (χ0) is 15.5. The number of carbonyl (C=O) groups is 1. The van der Waals surface area contributed by atoms with Crippen molar-refractivity contribution in [2.75, 3.05) is 12.9 Å². The maximum absolute atomic E-state index is 12.2. The van der Waals surface area contributed by atoms with E-state index >= 15 is 0 Å². The molecule has 2 rings (SSSR count). The van der Waals surface area contributed by atoms with E-state index in [-0.39, 0.29) is 18.5 Å². The second-order valence-corrected chi connectivity index (χ2v) is 7.88. The van der Waals surface area contributed by atoms with Gasteiger partial charge in [0, 0.05) is 10.5 Å². The summed E-state index contributed by atoms with van der Waals surface area (Å²) >= 11 is 1.68. The van der Waals surface area contributed by atoms with Gasteiger partial charge in [0.1, 0.15) is 6.61 Å². The van der Waals surface area contributed by atoms with E-state index in [1.54, 1.807) is 11.8 Å². The van der Waals surface area contributed by atoms with Gasteiger partial charge in [-0.05, 0) is 49.0 Å². The molecule has 0 saturated heterocycles. The van der Waals surface area contributed by atoms with Crippen LogP contribution in [-0.2, 0) is 4.74 Å². The van der Waals surface area contributed by atoms with Gasteiger partial charge in [-0.1, -0.05) is 32.9 Å². The van der Waals surface area contributed by atoms with Gasteiger partial charge < -0.3 is 4.74 Å². The molecule has 1 saturated carbocycles. The van der Waals surface area contributed by atoms with Gasteiger partial charge in [0.2, 0.25) is 0 Å². The molecule has 0 N–H and O–H groups in total. The minimum atomic E-state index is 0.0821. The van der Waals surface area contributed by atoms with Crippen molar-refractivity contribution in [3.8, 4) is 0 Å². The topological polar surface area (TPSA) is 26.3 Å². The maximum Gasteiger partial charge on any atom is 0.188 e. The molecule has 1 aliphatic rings. The Balaban J connectivity index is 1.88. The number of ether oxygens (including phenoxy) is 1. The molecule has 0 spiro atoms. The fraction of sp³-hybridized carbons (Fsp3) is 0.611. The molecule has 2 atom stereocenters. The standard InChI is InChI=1S/C18H26O2S/c1-13-9-15(11-18(2,3)10-13)20-12-17(19)14-5-7-16(21-4)8-6-14/h5-8,13,15H,9-12H2,1-4H3. The van der Waals surface area contributed by atoms with Crippen molar-refractivity contribution >= 4 is 17.5 Å². The summed E-state index contributed by atoms with van der Waals surface area (Å²) < 4.78 is 5.91. The van der Waals surface area contributed by atoms with Gasteiger partial charge in [0.15, 0.2) is 5.78 Å². The first-order chi connectivity index (χ1) is 9.89. The molecule has 0 radical (unpaired) electrons. The summed E-state index contributed by atoms with van der Waals surface area (Å²) in [6.45, 7) is 7.07. The number of hydrogen-bond donors (Lipinski definition) is 0. The van der Waals surface area contributed by atoms with Crippen LogP contribution >= 0.6 is 11.8 Å². The Morgan fingerprint density at radius 2 is 1.95 bits per heavy atom. The first-order valence-corrected chi connectivity index (χ1v) is 8.91. The molecule has 2 nitrogen and oxygen atoms in total. The molecular formula is C18H26O2S. The number of rotatable bonds is 5. The Kier molecular flexibility index (Phi) is 5.50. The van der Waals surface area contributed by atoms with E-state index in [4.69, 9.17) is 4.74 Å². The van der Waals surface area contributed by atoms with E-state index in [0.717, 1.165) is 18.4 Å². The minimum Gasteiger partial charge on any atom is -0.370 e. The van der Waals surface area contributed by atoms with Crippen molar-refractivity contribution in [1.29, 1.82) is 0 Å². The van der Waals surface area contributed by atoms with Crippen molar-refractivity contribution in [3.63, 3.8) is 0 Å². The maximum atomic E-state index is 12.2. The third-order valence-electron chi connectivity index (χ3n) is 4.21. The molecular weight excluding hydrogens is 280 g/mol. The summed E-state index contributed by atoms with van der Waals surface area (Å²) in [5.74, 6) is 0.758. The zero-order valence-corrected chi connectivity index (χ0v) is 14.3. The summed E-state index contributed by atoms with van der Waals surface area (Å²) in [4.78, 5) is 13.4. The SMILES string of the molecule is CSc1ccc(C(=O)COC2CC(C)CC(C)(C)C2)cc1. The van der Waals surface area contributed by atoms with E-state index in [9.17, 15) is 4.79 Å². The lowest BCUT2D eigenvalue weighted by atomic mass is 9.71. The van der Waals surface area contributed by atoms with Crippen LogP contribution in [0.3, 0.4) is 0 Å². The third-order valence-corrected chi connectivity index (χ3v) is 4.95. The van der Waals surface area contributed by atoms with Crippen LogP contribution in [0.1, 0.15) is 50.4 Å². The number of Topliss-reactive ketones (excluding diaryl/α,β-unsaturated/α-hetero) is 1. The zero-order valence-electron chi connectivity index (χ0n) is 13.5. The Bertz CT molecular complexity index is 478. The monoisotopic (exact) mass is 306 g/mol. The lowest BCUT2D eigenvalue weighted by Crippen LogP contribution is -2.33. The Labute approximate surface area is 132 Å². The Morgan fingerprint density at radius 3 is 2.52 bits per heavy atom. The predicted octanol–water partition coefficient (Wildman–Crippen LogP) is 4.82. The van der Waals surface area contributed by atoms with Crippen LogP contribution < -0.4 is 0 Å². The van der Waals surface area contributed by atoms with E-state index in [2.05, 4.69) is 20.8 Å². The van der Waals surface area contributed by atoms with Gasteiger partial charge in [-0.2, -0.15) is 0 Å². The highest BCUT2D eigenvalue weighted by Gasteiger charge is 2.32. The number of thioether (sulfide) groups is 1. The highest BCUT2D eigenvalue weighted by molar-refractivity contribution is 7.98. The van der Waals surface area contributed by atoms with Crippen molar-refractivity contribution < 1.29 is 9.53 Å². The van der Waals surface area contributed by atoms with Crippen LogP contribution in [0, 0.1) is 11.3 Å². The summed E-state index contributed by atoms with van der Waals surface area (Å²) in [7, 11) is 0. The second kappa shape index (κ2) is 6.97.